The molecule has 0 aliphatic carbocycles. The van der Waals surface area contributed by atoms with E-state index in [0.717, 1.165) is 13.1 Å². The van der Waals surface area contributed by atoms with E-state index in [-0.39, 0.29) is 0 Å². The van der Waals surface area contributed by atoms with Crippen molar-refractivity contribution in [2.75, 3.05) is 19.6 Å². The van der Waals surface area contributed by atoms with Crippen LogP contribution in [0.5, 0.6) is 0 Å². The molecule has 2 heteroatoms. The van der Waals surface area contributed by atoms with Gasteiger partial charge in [-0.1, -0.05) is 6.42 Å². The normalized spacial score (nSPS) is 29.7. The Labute approximate surface area is 56.8 Å². The van der Waals surface area contributed by atoms with Gasteiger partial charge in [0.2, 0.25) is 0 Å². The molecule has 2 nitrogen and oxygen atoms in total. The van der Waals surface area contributed by atoms with Crippen molar-refractivity contribution in [1.82, 2.24) is 11.1 Å². The quantitative estimate of drug-likeness (QED) is 0.552. The third kappa shape index (κ3) is 2.33. The highest BCUT2D eigenvalue weighted by Crippen LogP contribution is 2.09. The Bertz CT molecular complexity index is 65.3. The largest absolute Gasteiger partial charge is 0.316 e. The first-order valence-corrected chi connectivity index (χ1v) is 3.79. The van der Waals surface area contributed by atoms with Crippen molar-refractivity contribution < 1.29 is 0 Å². The average molecular weight is 127 g/mol. The standard InChI is InChI=1S/C7H15N2/c8-5-7-3-1-2-4-9-6-7/h7-9H,1-6H2. The molecule has 1 aliphatic rings. The second-order valence-electron chi connectivity index (χ2n) is 2.77. The summed E-state index contributed by atoms with van der Waals surface area (Å²) >= 11 is 0. The van der Waals surface area contributed by atoms with Gasteiger partial charge in [0.15, 0.2) is 0 Å². The first kappa shape index (κ1) is 7.03. The van der Waals surface area contributed by atoms with Crippen LogP contribution >= 0.6 is 0 Å². The summed E-state index contributed by atoms with van der Waals surface area (Å²) in [5.74, 6) is 0.632. The number of rotatable bonds is 1. The molecule has 0 amide bonds. The molecule has 0 bridgehead atoms. The van der Waals surface area contributed by atoms with Gasteiger partial charge < -0.3 is 5.32 Å². The average Bonchev–Trinajstić information content (AvgIpc) is 2.13. The third-order valence-corrected chi connectivity index (χ3v) is 1.94. The van der Waals surface area contributed by atoms with Crippen LogP contribution in [0.2, 0.25) is 0 Å². The Balaban J connectivity index is 2.18. The molecule has 53 valence electrons. The lowest BCUT2D eigenvalue weighted by molar-refractivity contribution is 0.485. The molecule has 1 rings (SSSR count). The molecule has 1 atom stereocenters. The van der Waals surface area contributed by atoms with Gasteiger partial charge in [-0.05, 0) is 31.8 Å². The van der Waals surface area contributed by atoms with Gasteiger partial charge in [-0.25, -0.2) is 0 Å². The fraction of sp³-hybridized carbons (Fsp3) is 1.00. The molecule has 1 aliphatic heterocycles. The monoisotopic (exact) mass is 127 g/mol. The number of hydrogen-bond acceptors (Lipinski definition) is 1. The van der Waals surface area contributed by atoms with Gasteiger partial charge in [-0.3, -0.25) is 5.73 Å². The molecule has 0 spiro atoms. The van der Waals surface area contributed by atoms with Crippen LogP contribution < -0.4 is 11.1 Å². The van der Waals surface area contributed by atoms with E-state index in [1.165, 1.54) is 19.3 Å². The van der Waals surface area contributed by atoms with Crippen molar-refractivity contribution >= 4 is 0 Å². The summed E-state index contributed by atoms with van der Waals surface area (Å²) in [5.41, 5.74) is 7.15. The second-order valence-corrected chi connectivity index (χ2v) is 2.77. The SMILES string of the molecule is [NH]CC1CCCCNC1. The zero-order valence-electron chi connectivity index (χ0n) is 5.82. The first-order valence-electron chi connectivity index (χ1n) is 3.79. The topological polar surface area (TPSA) is 35.8 Å². The van der Waals surface area contributed by atoms with Crippen LogP contribution in [0.1, 0.15) is 19.3 Å². The van der Waals surface area contributed by atoms with Gasteiger partial charge in [0, 0.05) is 6.54 Å². The highest BCUT2D eigenvalue weighted by Gasteiger charge is 2.08. The third-order valence-electron chi connectivity index (χ3n) is 1.94. The lowest BCUT2D eigenvalue weighted by Gasteiger charge is -2.08. The Hall–Kier alpha value is -0.0800. The summed E-state index contributed by atoms with van der Waals surface area (Å²) in [6.45, 7) is 2.84. The maximum absolute atomic E-state index is 7.15. The van der Waals surface area contributed by atoms with Crippen molar-refractivity contribution in [1.29, 1.82) is 0 Å². The van der Waals surface area contributed by atoms with Crippen molar-refractivity contribution in [3.8, 4) is 0 Å². The molecule has 1 fully saturated rings. The molecule has 0 aromatic rings. The molecule has 0 saturated carbocycles. The lowest BCUT2D eigenvalue weighted by atomic mass is 10.0. The van der Waals surface area contributed by atoms with E-state index >= 15 is 0 Å². The summed E-state index contributed by atoms with van der Waals surface area (Å²) < 4.78 is 0. The molecule has 0 aromatic carbocycles. The Morgan fingerprint density at radius 1 is 1.44 bits per heavy atom. The predicted molar refractivity (Wildman–Crippen MR) is 38.2 cm³/mol. The Morgan fingerprint density at radius 3 is 3.11 bits per heavy atom. The van der Waals surface area contributed by atoms with E-state index in [1.807, 2.05) is 0 Å². The van der Waals surface area contributed by atoms with Crippen LogP contribution in [0.4, 0.5) is 0 Å². The number of nitrogens with one attached hydrogen (secondary N) is 2. The summed E-state index contributed by atoms with van der Waals surface area (Å²) in [7, 11) is 0. The van der Waals surface area contributed by atoms with Gasteiger partial charge in [0.25, 0.3) is 0 Å². The summed E-state index contributed by atoms with van der Waals surface area (Å²) in [6, 6.07) is 0. The first-order chi connectivity index (χ1) is 4.43. The highest BCUT2D eigenvalue weighted by atomic mass is 14.9. The van der Waals surface area contributed by atoms with Crippen LogP contribution in [0.3, 0.4) is 0 Å². The predicted octanol–water partition coefficient (Wildman–Crippen LogP) is 0.659. The van der Waals surface area contributed by atoms with E-state index in [2.05, 4.69) is 5.32 Å². The minimum atomic E-state index is 0.604. The number of hydrogen-bond donors (Lipinski definition) is 1. The van der Waals surface area contributed by atoms with Crippen LogP contribution in [0.25, 0.3) is 0 Å². The summed E-state index contributed by atoms with van der Waals surface area (Å²) in [5, 5.41) is 3.33. The molecule has 0 aromatic heterocycles. The fourth-order valence-corrected chi connectivity index (χ4v) is 1.27. The minimum absolute atomic E-state index is 0.604. The Kier molecular flexibility index (Phi) is 3.01. The highest BCUT2D eigenvalue weighted by molar-refractivity contribution is 4.66. The van der Waals surface area contributed by atoms with Gasteiger partial charge in [0.1, 0.15) is 0 Å². The van der Waals surface area contributed by atoms with Crippen LogP contribution in [0, 0.1) is 5.92 Å². The fourth-order valence-electron chi connectivity index (χ4n) is 1.27. The second kappa shape index (κ2) is 3.85. The van der Waals surface area contributed by atoms with E-state index in [9.17, 15) is 0 Å². The van der Waals surface area contributed by atoms with E-state index in [1.54, 1.807) is 0 Å². The summed E-state index contributed by atoms with van der Waals surface area (Å²) in [4.78, 5) is 0. The molecular formula is C7H15N2. The van der Waals surface area contributed by atoms with Gasteiger partial charge in [0.05, 0.1) is 0 Å². The van der Waals surface area contributed by atoms with E-state index < -0.39 is 0 Å². The molecule has 1 heterocycles. The molecule has 1 saturated heterocycles. The van der Waals surface area contributed by atoms with Crippen molar-refractivity contribution in [2.45, 2.75) is 19.3 Å². The summed E-state index contributed by atoms with van der Waals surface area (Å²) in [6.07, 6.45) is 3.88. The van der Waals surface area contributed by atoms with Gasteiger partial charge >= 0.3 is 0 Å². The lowest BCUT2D eigenvalue weighted by Crippen LogP contribution is -2.23. The van der Waals surface area contributed by atoms with Crippen molar-refractivity contribution in [3.05, 3.63) is 0 Å². The smallest absolute Gasteiger partial charge is 0.0140 e. The van der Waals surface area contributed by atoms with Crippen LogP contribution in [0.15, 0.2) is 0 Å². The minimum Gasteiger partial charge on any atom is -0.316 e. The zero-order valence-corrected chi connectivity index (χ0v) is 5.82. The van der Waals surface area contributed by atoms with E-state index in [4.69, 9.17) is 5.73 Å². The zero-order chi connectivity index (χ0) is 6.53. The van der Waals surface area contributed by atoms with Gasteiger partial charge in [-0.15, -0.1) is 0 Å². The maximum Gasteiger partial charge on any atom is 0.0140 e. The Morgan fingerprint density at radius 2 is 2.33 bits per heavy atom. The molecule has 1 radical (unpaired) electrons. The van der Waals surface area contributed by atoms with Gasteiger partial charge in [-0.2, -0.15) is 0 Å². The molecule has 9 heavy (non-hydrogen) atoms. The molecule has 1 unspecified atom stereocenters. The van der Waals surface area contributed by atoms with E-state index in [0.29, 0.717) is 12.5 Å². The van der Waals surface area contributed by atoms with Crippen molar-refractivity contribution in [2.24, 2.45) is 5.92 Å². The van der Waals surface area contributed by atoms with Crippen molar-refractivity contribution in [3.63, 3.8) is 0 Å². The molecular weight excluding hydrogens is 112 g/mol. The van der Waals surface area contributed by atoms with Crippen LogP contribution in [-0.2, 0) is 0 Å². The molecule has 2 N–H and O–H groups in total. The van der Waals surface area contributed by atoms with Crippen LogP contribution in [-0.4, -0.2) is 19.6 Å². The maximum atomic E-state index is 7.15.